The minimum atomic E-state index is -0.594. The summed E-state index contributed by atoms with van der Waals surface area (Å²) in [6.45, 7) is 1.88. The Hall–Kier alpha value is -3.66. The van der Waals surface area contributed by atoms with Crippen LogP contribution in [0.5, 0.6) is 5.88 Å². The number of carbonyl (C=O) groups is 1. The van der Waals surface area contributed by atoms with Crippen molar-refractivity contribution in [2.75, 3.05) is 19.5 Å². The maximum atomic E-state index is 12.2. The highest BCUT2D eigenvalue weighted by Gasteiger charge is 2.29. The number of anilines is 1. The fraction of sp³-hybridized carbons (Fsp3) is 0.391. The molecule has 1 saturated carbocycles. The molecule has 0 aromatic carbocycles. The molecule has 4 heterocycles. The molecule has 0 spiro atoms. The number of amides is 1. The average molecular weight is 450 g/mol. The number of carbonyl (C=O) groups excluding carboxylic acids is 1. The number of aromatic amines is 1. The molecule has 0 saturated heterocycles. The Morgan fingerprint density at radius 2 is 2.12 bits per heavy atom. The topological polar surface area (TPSA) is 129 Å². The number of nitrogens with one attached hydrogen (secondary N) is 3. The van der Waals surface area contributed by atoms with Gasteiger partial charge in [0.1, 0.15) is 5.65 Å². The van der Waals surface area contributed by atoms with Crippen molar-refractivity contribution in [1.82, 2.24) is 29.9 Å². The second-order valence-electron chi connectivity index (χ2n) is 8.78. The Balaban J connectivity index is 1.51. The van der Waals surface area contributed by atoms with Gasteiger partial charge in [0.2, 0.25) is 11.8 Å². The summed E-state index contributed by atoms with van der Waals surface area (Å²) in [5.74, 6) is 0.760. The lowest BCUT2D eigenvalue weighted by molar-refractivity contribution is 0.0195. The number of H-pyrrole nitrogens is 1. The quantitative estimate of drug-likeness (QED) is 0.369. The highest BCUT2D eigenvalue weighted by Crippen LogP contribution is 2.36. The number of nitrogens with zero attached hydrogens (tertiary/aromatic N) is 4. The van der Waals surface area contributed by atoms with Crippen LogP contribution in [-0.2, 0) is 0 Å². The molecule has 0 aliphatic heterocycles. The first-order valence-corrected chi connectivity index (χ1v) is 11.0. The zero-order valence-corrected chi connectivity index (χ0v) is 18.8. The van der Waals surface area contributed by atoms with Crippen LogP contribution >= 0.6 is 0 Å². The van der Waals surface area contributed by atoms with Gasteiger partial charge >= 0.3 is 0 Å². The number of methoxy groups -OCH3 is 1. The van der Waals surface area contributed by atoms with Crippen molar-refractivity contribution < 1.29 is 14.6 Å². The predicted octanol–water partition coefficient (Wildman–Crippen LogP) is 2.75. The zero-order valence-electron chi connectivity index (χ0n) is 18.8. The molecule has 4 aromatic rings. The van der Waals surface area contributed by atoms with Crippen LogP contribution in [0.25, 0.3) is 27.7 Å². The van der Waals surface area contributed by atoms with E-state index in [1.165, 1.54) is 0 Å². The van der Waals surface area contributed by atoms with E-state index in [2.05, 4.69) is 30.7 Å². The highest BCUT2D eigenvalue weighted by molar-refractivity contribution is 6.02. The third-order valence-corrected chi connectivity index (χ3v) is 6.39. The van der Waals surface area contributed by atoms with Gasteiger partial charge in [-0.2, -0.15) is 15.1 Å². The van der Waals surface area contributed by atoms with Crippen LogP contribution < -0.4 is 15.4 Å². The van der Waals surface area contributed by atoms with Crippen molar-refractivity contribution >= 4 is 28.4 Å². The van der Waals surface area contributed by atoms with Gasteiger partial charge in [-0.3, -0.25) is 4.79 Å². The standard InChI is InChI=1S/C23H27N7O3/c1-23(32)7-4-14(5-8-23)27-22-28-19-18(21(29-22)33-3)15(11-25-19)13-6-9-30-17(10-13)16(12-26-30)20(31)24-2/h6,9-12,14,32H,4-5,7-8H2,1-3H3,(H,24,31)(H2,25,27,28,29). The fourth-order valence-electron chi connectivity index (χ4n) is 4.46. The van der Waals surface area contributed by atoms with E-state index >= 15 is 0 Å². The van der Waals surface area contributed by atoms with Gasteiger partial charge in [-0.05, 0) is 50.3 Å². The molecular formula is C23H27N7O3. The Morgan fingerprint density at radius 1 is 1.33 bits per heavy atom. The van der Waals surface area contributed by atoms with Crippen LogP contribution in [0.15, 0.2) is 30.7 Å². The lowest BCUT2D eigenvalue weighted by Gasteiger charge is -2.33. The molecule has 5 rings (SSSR count). The molecule has 0 atom stereocenters. The van der Waals surface area contributed by atoms with Crippen LogP contribution in [0.4, 0.5) is 5.95 Å². The lowest BCUT2D eigenvalue weighted by atomic mass is 9.84. The van der Waals surface area contributed by atoms with Crippen LogP contribution in [-0.4, -0.2) is 61.4 Å². The van der Waals surface area contributed by atoms with Crippen molar-refractivity contribution in [2.45, 2.75) is 44.2 Å². The van der Waals surface area contributed by atoms with E-state index in [-0.39, 0.29) is 11.9 Å². The van der Waals surface area contributed by atoms with Gasteiger partial charge in [-0.1, -0.05) is 0 Å². The largest absolute Gasteiger partial charge is 0.480 e. The number of hydrogen-bond donors (Lipinski definition) is 4. The number of fused-ring (bicyclic) bond motifs is 2. The molecule has 1 aliphatic rings. The summed E-state index contributed by atoms with van der Waals surface area (Å²) in [5, 5.41) is 21.3. The number of hydrogen-bond acceptors (Lipinski definition) is 7. The normalized spacial score (nSPS) is 20.8. The lowest BCUT2D eigenvalue weighted by Crippen LogP contribution is -2.36. The SMILES string of the molecule is CNC(=O)c1cnn2ccc(-c3c[nH]c4nc(NC5CCC(C)(O)CC5)nc(OC)c34)cc12. The number of rotatable bonds is 5. The maximum absolute atomic E-state index is 12.2. The summed E-state index contributed by atoms with van der Waals surface area (Å²) in [4.78, 5) is 24.7. The number of aromatic nitrogens is 5. The van der Waals surface area contributed by atoms with Gasteiger partial charge < -0.3 is 25.5 Å². The van der Waals surface area contributed by atoms with E-state index in [1.54, 1.807) is 24.9 Å². The third-order valence-electron chi connectivity index (χ3n) is 6.39. The summed E-state index contributed by atoms with van der Waals surface area (Å²) in [6, 6.07) is 4.05. The van der Waals surface area contributed by atoms with Crippen molar-refractivity contribution in [3.05, 3.63) is 36.3 Å². The molecule has 0 radical (unpaired) electrons. The minimum absolute atomic E-state index is 0.193. The van der Waals surface area contributed by atoms with Gasteiger partial charge in [0.05, 0.1) is 35.4 Å². The van der Waals surface area contributed by atoms with Crippen LogP contribution in [0.1, 0.15) is 43.0 Å². The van der Waals surface area contributed by atoms with E-state index in [4.69, 9.17) is 4.74 Å². The number of aliphatic hydroxyl groups is 1. The van der Waals surface area contributed by atoms with Crippen molar-refractivity contribution in [3.63, 3.8) is 0 Å². The molecule has 1 fully saturated rings. The molecule has 172 valence electrons. The molecule has 10 nitrogen and oxygen atoms in total. The average Bonchev–Trinajstić information content (AvgIpc) is 3.43. The summed E-state index contributed by atoms with van der Waals surface area (Å²) in [6.07, 6.45) is 8.43. The van der Waals surface area contributed by atoms with Gasteiger partial charge in [-0.25, -0.2) is 4.52 Å². The van der Waals surface area contributed by atoms with Gasteiger partial charge in [0.25, 0.3) is 5.91 Å². The second-order valence-corrected chi connectivity index (χ2v) is 8.78. The van der Waals surface area contributed by atoms with E-state index in [9.17, 15) is 9.90 Å². The molecule has 10 heteroatoms. The van der Waals surface area contributed by atoms with E-state index in [1.807, 2.05) is 31.5 Å². The monoisotopic (exact) mass is 449 g/mol. The molecule has 1 amide bonds. The molecular weight excluding hydrogens is 422 g/mol. The zero-order chi connectivity index (χ0) is 23.2. The van der Waals surface area contributed by atoms with Crippen molar-refractivity contribution in [3.8, 4) is 17.0 Å². The molecule has 1 aliphatic carbocycles. The first kappa shape index (κ1) is 21.2. The van der Waals surface area contributed by atoms with E-state index < -0.39 is 5.60 Å². The smallest absolute Gasteiger partial charge is 0.254 e. The Kier molecular flexibility index (Phi) is 5.16. The van der Waals surface area contributed by atoms with Crippen LogP contribution in [0.3, 0.4) is 0 Å². The Morgan fingerprint density at radius 3 is 2.85 bits per heavy atom. The minimum Gasteiger partial charge on any atom is -0.480 e. The summed E-state index contributed by atoms with van der Waals surface area (Å²) in [7, 11) is 3.18. The van der Waals surface area contributed by atoms with Crippen LogP contribution in [0.2, 0.25) is 0 Å². The van der Waals surface area contributed by atoms with E-state index in [0.717, 1.165) is 42.2 Å². The number of pyridine rings is 1. The van der Waals surface area contributed by atoms with E-state index in [0.29, 0.717) is 28.6 Å². The first-order chi connectivity index (χ1) is 15.9. The molecule has 33 heavy (non-hydrogen) atoms. The van der Waals surface area contributed by atoms with Crippen molar-refractivity contribution in [1.29, 1.82) is 0 Å². The van der Waals surface area contributed by atoms with Crippen LogP contribution in [0, 0.1) is 0 Å². The Bertz CT molecular complexity index is 1330. The first-order valence-electron chi connectivity index (χ1n) is 11.0. The van der Waals surface area contributed by atoms with Crippen molar-refractivity contribution in [2.24, 2.45) is 0 Å². The number of ether oxygens (including phenoxy) is 1. The van der Waals surface area contributed by atoms with Gasteiger partial charge in [0, 0.05) is 31.0 Å². The fourth-order valence-corrected chi connectivity index (χ4v) is 4.46. The predicted molar refractivity (Wildman–Crippen MR) is 125 cm³/mol. The highest BCUT2D eigenvalue weighted by atomic mass is 16.5. The third kappa shape index (κ3) is 3.86. The molecule has 4 N–H and O–H groups in total. The maximum Gasteiger partial charge on any atom is 0.254 e. The summed E-state index contributed by atoms with van der Waals surface area (Å²) >= 11 is 0. The second kappa shape index (κ2) is 8.04. The molecule has 4 aromatic heterocycles. The molecule has 0 unspecified atom stereocenters. The van der Waals surface area contributed by atoms with Gasteiger partial charge in [0.15, 0.2) is 0 Å². The van der Waals surface area contributed by atoms with Gasteiger partial charge in [-0.15, -0.1) is 0 Å². The summed E-state index contributed by atoms with van der Waals surface area (Å²) < 4.78 is 7.30. The molecule has 0 bridgehead atoms. The Labute approximate surface area is 190 Å². The summed E-state index contributed by atoms with van der Waals surface area (Å²) in [5.41, 5.74) is 3.02.